The molecule has 0 bridgehead atoms. The molecule has 5 nitrogen and oxygen atoms in total. The van der Waals surface area contributed by atoms with Crippen LogP contribution in [-0.4, -0.2) is 30.6 Å². The molecule has 2 aromatic carbocycles. The van der Waals surface area contributed by atoms with Crippen molar-refractivity contribution >= 4 is 17.6 Å². The van der Waals surface area contributed by atoms with E-state index >= 15 is 0 Å². The van der Waals surface area contributed by atoms with Gasteiger partial charge in [0.15, 0.2) is 0 Å². The lowest BCUT2D eigenvalue weighted by Gasteiger charge is -2.17. The van der Waals surface area contributed by atoms with E-state index in [0.29, 0.717) is 17.9 Å². The molecular weight excluding hydrogens is 306 g/mol. The van der Waals surface area contributed by atoms with Crippen molar-refractivity contribution in [3.63, 3.8) is 0 Å². The minimum absolute atomic E-state index is 0.0965. The summed E-state index contributed by atoms with van der Waals surface area (Å²) in [5.41, 5.74) is 3.30. The summed E-state index contributed by atoms with van der Waals surface area (Å²) in [6, 6.07) is 14.9. The van der Waals surface area contributed by atoms with Crippen LogP contribution in [0.4, 0.5) is 5.69 Å². The Hall–Kier alpha value is -2.66. The zero-order valence-corrected chi connectivity index (χ0v) is 13.4. The topological polar surface area (TPSA) is 66.8 Å². The van der Waals surface area contributed by atoms with Crippen molar-refractivity contribution in [2.24, 2.45) is 0 Å². The minimum atomic E-state index is -0.903. The summed E-state index contributed by atoms with van der Waals surface area (Å²) < 4.78 is 5.11. The predicted molar refractivity (Wildman–Crippen MR) is 90.0 cm³/mol. The van der Waals surface area contributed by atoms with E-state index < -0.39 is 11.9 Å². The van der Waals surface area contributed by atoms with Gasteiger partial charge in [0, 0.05) is 19.3 Å². The molecule has 1 N–H and O–H groups in total. The van der Waals surface area contributed by atoms with Crippen LogP contribution >= 0.6 is 0 Å². The predicted octanol–water partition coefficient (Wildman–Crippen LogP) is 2.59. The van der Waals surface area contributed by atoms with E-state index in [1.54, 1.807) is 30.2 Å². The van der Waals surface area contributed by atoms with Crippen molar-refractivity contribution < 1.29 is 19.4 Å². The minimum Gasteiger partial charge on any atom is -0.481 e. The lowest BCUT2D eigenvalue weighted by Crippen LogP contribution is -2.32. The van der Waals surface area contributed by atoms with Crippen LogP contribution in [-0.2, 0) is 27.4 Å². The highest BCUT2D eigenvalue weighted by Gasteiger charge is 2.36. The van der Waals surface area contributed by atoms with E-state index in [9.17, 15) is 14.7 Å². The number of fused-ring (bicyclic) bond motifs is 1. The van der Waals surface area contributed by atoms with Crippen LogP contribution in [0.3, 0.4) is 0 Å². The maximum Gasteiger partial charge on any atom is 0.312 e. The number of methoxy groups -OCH3 is 1. The Bertz CT molecular complexity index is 771. The third-order valence-electron chi connectivity index (χ3n) is 4.23. The molecule has 1 aliphatic rings. The normalized spacial score (nSPS) is 16.0. The molecule has 0 saturated carbocycles. The second-order valence-electron chi connectivity index (χ2n) is 5.88. The van der Waals surface area contributed by atoms with E-state index in [4.69, 9.17) is 4.74 Å². The van der Waals surface area contributed by atoms with Gasteiger partial charge in [0.1, 0.15) is 5.92 Å². The molecule has 1 unspecified atom stereocenters. The summed E-state index contributed by atoms with van der Waals surface area (Å²) in [7, 11) is 1.63. The lowest BCUT2D eigenvalue weighted by molar-refractivity contribution is -0.138. The number of benzene rings is 2. The molecule has 0 saturated heterocycles. The molecule has 1 atom stereocenters. The first kappa shape index (κ1) is 16.2. The molecule has 124 valence electrons. The number of hydrogen-bond donors (Lipinski definition) is 1. The smallest absolute Gasteiger partial charge is 0.312 e. The van der Waals surface area contributed by atoms with Gasteiger partial charge in [0.05, 0.1) is 13.0 Å². The molecule has 5 heteroatoms. The molecule has 0 aromatic heterocycles. The summed E-state index contributed by atoms with van der Waals surface area (Å²) in [6.07, 6.45) is 0.234. The fourth-order valence-electron chi connectivity index (χ4n) is 3.12. The number of aliphatic carboxylic acids is 1. The third-order valence-corrected chi connectivity index (χ3v) is 4.23. The summed E-state index contributed by atoms with van der Waals surface area (Å²) in [5, 5.41) is 9.39. The molecule has 0 radical (unpaired) electrons. The SMILES string of the molecule is COCc1cccc(CC(=O)N2CC(C(=O)O)c3ccccc32)c1. The number of rotatable bonds is 5. The monoisotopic (exact) mass is 325 g/mol. The number of hydrogen-bond acceptors (Lipinski definition) is 3. The Labute approximate surface area is 140 Å². The van der Waals surface area contributed by atoms with Crippen molar-refractivity contribution in [1.29, 1.82) is 0 Å². The molecular formula is C19H19NO4. The van der Waals surface area contributed by atoms with E-state index in [1.165, 1.54) is 0 Å². The van der Waals surface area contributed by atoms with Gasteiger partial charge >= 0.3 is 5.97 Å². The second kappa shape index (κ2) is 6.84. The van der Waals surface area contributed by atoms with Gasteiger partial charge in [-0.3, -0.25) is 9.59 Å². The molecule has 0 fully saturated rings. The van der Waals surface area contributed by atoms with Gasteiger partial charge in [-0.2, -0.15) is 0 Å². The van der Waals surface area contributed by atoms with E-state index in [2.05, 4.69) is 0 Å². The third kappa shape index (κ3) is 3.16. The first-order valence-corrected chi connectivity index (χ1v) is 7.79. The van der Waals surface area contributed by atoms with Crippen molar-refractivity contribution in [3.05, 3.63) is 65.2 Å². The maximum absolute atomic E-state index is 12.7. The number of para-hydroxylation sites is 1. The zero-order valence-electron chi connectivity index (χ0n) is 13.4. The van der Waals surface area contributed by atoms with Gasteiger partial charge in [-0.1, -0.05) is 42.5 Å². The second-order valence-corrected chi connectivity index (χ2v) is 5.88. The first-order valence-electron chi connectivity index (χ1n) is 7.79. The van der Waals surface area contributed by atoms with Gasteiger partial charge < -0.3 is 14.7 Å². The van der Waals surface area contributed by atoms with Crippen LogP contribution in [0.15, 0.2) is 48.5 Å². The number of nitrogens with zero attached hydrogens (tertiary/aromatic N) is 1. The Kier molecular flexibility index (Phi) is 4.62. The molecule has 2 aromatic rings. The number of carbonyl (C=O) groups is 2. The summed E-state index contributed by atoms with van der Waals surface area (Å²) in [4.78, 5) is 25.8. The van der Waals surface area contributed by atoms with Crippen LogP contribution < -0.4 is 4.90 Å². The molecule has 3 rings (SSSR count). The fraction of sp³-hybridized carbons (Fsp3) is 0.263. The standard InChI is InChI=1S/C19H19NO4/c1-24-12-14-6-4-5-13(9-14)10-18(21)20-11-16(19(22)23)15-7-2-3-8-17(15)20/h2-9,16H,10-12H2,1H3,(H,22,23). The Morgan fingerprint density at radius 1 is 1.17 bits per heavy atom. The van der Waals surface area contributed by atoms with E-state index in [0.717, 1.165) is 11.1 Å². The van der Waals surface area contributed by atoms with Gasteiger partial charge in [-0.05, 0) is 22.8 Å². The zero-order chi connectivity index (χ0) is 17.1. The van der Waals surface area contributed by atoms with Crippen LogP contribution in [0.2, 0.25) is 0 Å². The van der Waals surface area contributed by atoms with Crippen molar-refractivity contribution in [2.45, 2.75) is 18.9 Å². The van der Waals surface area contributed by atoms with Gasteiger partial charge in [-0.15, -0.1) is 0 Å². The molecule has 0 aliphatic carbocycles. The fourth-order valence-corrected chi connectivity index (χ4v) is 3.12. The van der Waals surface area contributed by atoms with Crippen molar-refractivity contribution in [3.8, 4) is 0 Å². The van der Waals surface area contributed by atoms with Crippen LogP contribution in [0.1, 0.15) is 22.6 Å². The molecule has 1 aliphatic heterocycles. The number of anilines is 1. The quantitative estimate of drug-likeness (QED) is 0.917. The Morgan fingerprint density at radius 3 is 2.67 bits per heavy atom. The van der Waals surface area contributed by atoms with Crippen molar-refractivity contribution in [2.75, 3.05) is 18.6 Å². The molecule has 0 spiro atoms. The van der Waals surface area contributed by atoms with E-state index in [-0.39, 0.29) is 18.9 Å². The highest BCUT2D eigenvalue weighted by molar-refractivity contribution is 5.99. The van der Waals surface area contributed by atoms with Crippen LogP contribution in [0.5, 0.6) is 0 Å². The molecule has 1 amide bonds. The average Bonchev–Trinajstić information content (AvgIpc) is 2.95. The number of carboxylic acids is 1. The lowest BCUT2D eigenvalue weighted by atomic mass is 10.0. The average molecular weight is 325 g/mol. The number of ether oxygens (including phenoxy) is 1. The highest BCUT2D eigenvalue weighted by Crippen LogP contribution is 2.36. The summed E-state index contributed by atoms with van der Waals surface area (Å²) in [5.74, 6) is -1.66. The van der Waals surface area contributed by atoms with Crippen molar-refractivity contribution in [1.82, 2.24) is 0 Å². The molecule has 1 heterocycles. The largest absolute Gasteiger partial charge is 0.481 e. The maximum atomic E-state index is 12.7. The van der Waals surface area contributed by atoms with Gasteiger partial charge in [0.25, 0.3) is 0 Å². The van der Waals surface area contributed by atoms with Gasteiger partial charge in [0.2, 0.25) is 5.91 Å². The van der Waals surface area contributed by atoms with Gasteiger partial charge in [-0.25, -0.2) is 0 Å². The Balaban J connectivity index is 1.81. The highest BCUT2D eigenvalue weighted by atomic mass is 16.5. The van der Waals surface area contributed by atoms with Crippen LogP contribution in [0, 0.1) is 0 Å². The molecule has 24 heavy (non-hydrogen) atoms. The van der Waals surface area contributed by atoms with Crippen LogP contribution in [0.25, 0.3) is 0 Å². The summed E-state index contributed by atoms with van der Waals surface area (Å²) >= 11 is 0. The number of carboxylic acid groups (broad SMARTS) is 1. The van der Waals surface area contributed by atoms with E-state index in [1.807, 2.05) is 30.3 Å². The summed E-state index contributed by atoms with van der Waals surface area (Å²) in [6.45, 7) is 0.681. The number of amides is 1. The first-order chi connectivity index (χ1) is 11.6. The number of carbonyl (C=O) groups excluding carboxylic acids is 1. The Morgan fingerprint density at radius 2 is 1.92 bits per heavy atom.